The van der Waals surface area contributed by atoms with Crippen LogP contribution >= 0.6 is 0 Å². The molecule has 1 N–H and O–H groups in total. The fourth-order valence-corrected chi connectivity index (χ4v) is 3.54. The second-order valence-electron chi connectivity index (χ2n) is 8.83. The minimum absolute atomic E-state index is 0.0332. The van der Waals surface area contributed by atoms with Crippen LogP contribution in [0.4, 0.5) is 0 Å². The lowest BCUT2D eigenvalue weighted by Gasteiger charge is -2.34. The van der Waals surface area contributed by atoms with Gasteiger partial charge in [0, 0.05) is 38.9 Å². The molecule has 2 amide bonds. The number of rotatable bonds is 6. The van der Waals surface area contributed by atoms with Crippen LogP contribution in [-0.2, 0) is 16.6 Å². The molecule has 0 radical (unpaired) electrons. The topological polar surface area (TPSA) is 65.5 Å². The van der Waals surface area contributed by atoms with Gasteiger partial charge in [-0.25, -0.2) is 0 Å². The first kappa shape index (κ1) is 22.0. The smallest absolute Gasteiger partial charge is 0.272 e. The summed E-state index contributed by atoms with van der Waals surface area (Å²) in [5, 5.41) is 3.01. The van der Waals surface area contributed by atoms with E-state index in [9.17, 15) is 9.59 Å². The minimum atomic E-state index is -0.0443. The van der Waals surface area contributed by atoms with Gasteiger partial charge in [0.25, 0.3) is 5.91 Å². The molecule has 1 saturated heterocycles. The van der Waals surface area contributed by atoms with E-state index < -0.39 is 0 Å². The lowest BCUT2D eigenvalue weighted by Crippen LogP contribution is -2.51. The van der Waals surface area contributed by atoms with Gasteiger partial charge in [0.1, 0.15) is 5.69 Å². The molecule has 0 atom stereocenters. The molecule has 1 aliphatic rings. The highest BCUT2D eigenvalue weighted by Crippen LogP contribution is 2.22. The van der Waals surface area contributed by atoms with Crippen molar-refractivity contribution in [2.24, 2.45) is 0 Å². The molecule has 0 saturated carbocycles. The van der Waals surface area contributed by atoms with Crippen LogP contribution in [0.5, 0.6) is 0 Å². The predicted molar refractivity (Wildman–Crippen MR) is 118 cm³/mol. The maximum absolute atomic E-state index is 12.4. The SMILES string of the molecule is CC(C)(C)c1ccc(CCNC(=O)CN2CCN(C(=O)c3ccccn3)CC2)cc1. The van der Waals surface area contributed by atoms with Gasteiger partial charge in [0.2, 0.25) is 5.91 Å². The van der Waals surface area contributed by atoms with E-state index in [1.807, 2.05) is 6.07 Å². The van der Waals surface area contributed by atoms with Gasteiger partial charge >= 0.3 is 0 Å². The Bertz CT molecular complexity index is 836. The Balaban J connectivity index is 1.36. The Morgan fingerprint density at radius 2 is 1.70 bits per heavy atom. The number of carbonyl (C=O) groups excluding carboxylic acids is 2. The number of nitrogens with zero attached hydrogens (tertiary/aromatic N) is 3. The summed E-state index contributed by atoms with van der Waals surface area (Å²) in [6.07, 6.45) is 2.45. The van der Waals surface area contributed by atoms with E-state index in [1.165, 1.54) is 11.1 Å². The Hall–Kier alpha value is -2.73. The normalized spacial score (nSPS) is 15.1. The minimum Gasteiger partial charge on any atom is -0.355 e. The van der Waals surface area contributed by atoms with Crippen molar-refractivity contribution in [1.29, 1.82) is 0 Å². The molecule has 30 heavy (non-hydrogen) atoms. The summed E-state index contributed by atoms with van der Waals surface area (Å²) >= 11 is 0. The predicted octanol–water partition coefficient (Wildman–Crippen LogP) is 2.50. The first-order chi connectivity index (χ1) is 14.3. The average molecular weight is 409 g/mol. The van der Waals surface area contributed by atoms with Crippen molar-refractivity contribution in [2.45, 2.75) is 32.6 Å². The fourth-order valence-electron chi connectivity index (χ4n) is 3.54. The zero-order valence-corrected chi connectivity index (χ0v) is 18.2. The number of carbonyl (C=O) groups is 2. The van der Waals surface area contributed by atoms with E-state index in [0.717, 1.165) is 6.42 Å². The average Bonchev–Trinajstić information content (AvgIpc) is 2.74. The molecule has 0 spiro atoms. The number of hydrogen-bond donors (Lipinski definition) is 1. The summed E-state index contributed by atoms with van der Waals surface area (Å²) in [7, 11) is 0. The van der Waals surface area contributed by atoms with Crippen LogP contribution < -0.4 is 5.32 Å². The van der Waals surface area contributed by atoms with E-state index in [0.29, 0.717) is 45.0 Å². The van der Waals surface area contributed by atoms with E-state index in [2.05, 4.69) is 60.2 Å². The zero-order valence-electron chi connectivity index (χ0n) is 18.2. The first-order valence-corrected chi connectivity index (χ1v) is 10.6. The zero-order chi connectivity index (χ0) is 21.6. The monoisotopic (exact) mass is 408 g/mol. The van der Waals surface area contributed by atoms with Crippen LogP contribution in [0.15, 0.2) is 48.7 Å². The molecule has 1 aliphatic heterocycles. The molecule has 0 unspecified atom stereocenters. The fraction of sp³-hybridized carbons (Fsp3) is 0.458. The van der Waals surface area contributed by atoms with Gasteiger partial charge < -0.3 is 10.2 Å². The van der Waals surface area contributed by atoms with E-state index in [4.69, 9.17) is 0 Å². The van der Waals surface area contributed by atoms with Gasteiger partial charge in [-0.15, -0.1) is 0 Å². The first-order valence-electron chi connectivity index (χ1n) is 10.6. The molecule has 160 valence electrons. The number of pyridine rings is 1. The molecule has 2 aromatic rings. The van der Waals surface area contributed by atoms with Gasteiger partial charge in [0.15, 0.2) is 0 Å². The second-order valence-corrected chi connectivity index (χ2v) is 8.83. The van der Waals surface area contributed by atoms with E-state index in [1.54, 1.807) is 23.2 Å². The van der Waals surface area contributed by atoms with Crippen molar-refractivity contribution in [3.05, 3.63) is 65.5 Å². The molecule has 6 heteroatoms. The molecule has 1 aromatic carbocycles. The molecule has 0 bridgehead atoms. The van der Waals surface area contributed by atoms with Gasteiger partial charge in [-0.1, -0.05) is 51.1 Å². The quantitative estimate of drug-likeness (QED) is 0.798. The second kappa shape index (κ2) is 9.85. The van der Waals surface area contributed by atoms with Crippen molar-refractivity contribution in [3.8, 4) is 0 Å². The molecule has 2 heterocycles. The molecular weight excluding hydrogens is 376 g/mol. The number of piperazine rings is 1. The van der Waals surface area contributed by atoms with Gasteiger partial charge in [-0.2, -0.15) is 0 Å². The largest absolute Gasteiger partial charge is 0.355 e. The maximum atomic E-state index is 12.4. The summed E-state index contributed by atoms with van der Waals surface area (Å²) in [5.41, 5.74) is 3.17. The van der Waals surface area contributed by atoms with Crippen molar-refractivity contribution in [3.63, 3.8) is 0 Å². The standard InChI is InChI=1S/C24H32N4O2/c1-24(2,3)20-9-7-19(8-10-20)11-13-26-22(29)18-27-14-16-28(17-15-27)23(30)21-6-4-5-12-25-21/h4-10,12H,11,13-18H2,1-3H3,(H,26,29). The summed E-state index contributed by atoms with van der Waals surface area (Å²) in [6, 6.07) is 14.0. The van der Waals surface area contributed by atoms with Crippen LogP contribution in [0.2, 0.25) is 0 Å². The van der Waals surface area contributed by atoms with Gasteiger partial charge in [-0.05, 0) is 35.1 Å². The summed E-state index contributed by atoms with van der Waals surface area (Å²) in [6.45, 7) is 10.2. The highest BCUT2D eigenvalue weighted by molar-refractivity contribution is 5.92. The number of benzene rings is 1. The third-order valence-electron chi connectivity index (χ3n) is 5.47. The Kier molecular flexibility index (Phi) is 7.21. The third-order valence-corrected chi connectivity index (χ3v) is 5.47. The summed E-state index contributed by atoms with van der Waals surface area (Å²) in [4.78, 5) is 32.8. The van der Waals surface area contributed by atoms with Crippen LogP contribution in [0.25, 0.3) is 0 Å². The third kappa shape index (κ3) is 6.13. The lowest BCUT2D eigenvalue weighted by molar-refractivity contribution is -0.122. The Labute approximate surface area is 179 Å². The van der Waals surface area contributed by atoms with Gasteiger partial charge in [0.05, 0.1) is 6.54 Å². The summed E-state index contributed by atoms with van der Waals surface area (Å²) in [5.74, 6) is -0.0111. The van der Waals surface area contributed by atoms with Crippen molar-refractivity contribution in [1.82, 2.24) is 20.1 Å². The highest BCUT2D eigenvalue weighted by atomic mass is 16.2. The molecule has 3 rings (SSSR count). The number of aromatic nitrogens is 1. The van der Waals surface area contributed by atoms with Gasteiger partial charge in [-0.3, -0.25) is 19.5 Å². The number of amides is 2. The molecular formula is C24H32N4O2. The number of hydrogen-bond acceptors (Lipinski definition) is 4. The van der Waals surface area contributed by atoms with Crippen molar-refractivity contribution < 1.29 is 9.59 Å². The van der Waals surface area contributed by atoms with E-state index in [-0.39, 0.29) is 17.2 Å². The molecule has 6 nitrogen and oxygen atoms in total. The molecule has 0 aliphatic carbocycles. The van der Waals surface area contributed by atoms with Crippen LogP contribution in [0, 0.1) is 0 Å². The Morgan fingerprint density at radius 1 is 1.00 bits per heavy atom. The number of nitrogens with one attached hydrogen (secondary N) is 1. The molecule has 1 fully saturated rings. The highest BCUT2D eigenvalue weighted by Gasteiger charge is 2.23. The van der Waals surface area contributed by atoms with Crippen molar-refractivity contribution >= 4 is 11.8 Å². The van der Waals surface area contributed by atoms with Crippen molar-refractivity contribution in [2.75, 3.05) is 39.3 Å². The molecule has 1 aromatic heterocycles. The van der Waals surface area contributed by atoms with E-state index >= 15 is 0 Å². The maximum Gasteiger partial charge on any atom is 0.272 e. The Morgan fingerprint density at radius 3 is 2.30 bits per heavy atom. The van der Waals surface area contributed by atoms with Crippen LogP contribution in [0.1, 0.15) is 42.4 Å². The van der Waals surface area contributed by atoms with Crippen LogP contribution in [-0.4, -0.2) is 65.9 Å². The lowest BCUT2D eigenvalue weighted by atomic mass is 9.86. The summed E-state index contributed by atoms with van der Waals surface area (Å²) < 4.78 is 0. The van der Waals surface area contributed by atoms with Crippen LogP contribution in [0.3, 0.4) is 0 Å².